The van der Waals surface area contributed by atoms with Crippen molar-refractivity contribution >= 4 is 22.0 Å². The molecule has 0 fully saturated rings. The van der Waals surface area contributed by atoms with Crippen LogP contribution in [0.15, 0.2) is 40.2 Å². The number of carbonyl (C=O) groups is 1. The Bertz CT molecular complexity index is 1050. The zero-order valence-electron chi connectivity index (χ0n) is 15.3. The molecule has 0 saturated heterocycles. The Balaban J connectivity index is 2.47. The number of hydrogen-bond donors (Lipinski definition) is 2. The van der Waals surface area contributed by atoms with Gasteiger partial charge in [-0.15, -0.1) is 0 Å². The van der Waals surface area contributed by atoms with Crippen molar-refractivity contribution in [3.8, 4) is 5.75 Å². The monoisotopic (exact) mass is 439 g/mol. The van der Waals surface area contributed by atoms with E-state index in [1.165, 1.54) is 6.07 Å². The minimum absolute atomic E-state index is 0.00103. The Kier molecular flexibility index (Phi) is 5.26. The lowest BCUT2D eigenvalue weighted by Crippen LogP contribution is -2.35. The molecule has 0 amide bonds. The van der Waals surface area contributed by atoms with Crippen molar-refractivity contribution in [2.45, 2.75) is 18.2 Å². The first-order valence-electron chi connectivity index (χ1n) is 8.05. The summed E-state index contributed by atoms with van der Waals surface area (Å²) in [6.07, 6.45) is 0.535. The van der Waals surface area contributed by atoms with E-state index < -0.39 is 44.7 Å². The highest BCUT2D eigenvalue weighted by molar-refractivity contribution is 8.45. The van der Waals surface area contributed by atoms with Crippen LogP contribution < -0.4 is 16.0 Å². The van der Waals surface area contributed by atoms with Crippen molar-refractivity contribution in [1.29, 1.82) is 5.41 Å². The quantitative estimate of drug-likeness (QED) is 0.310. The third kappa shape index (κ3) is 5.53. The van der Waals surface area contributed by atoms with Gasteiger partial charge in [-0.1, -0.05) is 26.4 Å². The van der Waals surface area contributed by atoms with E-state index in [1.807, 2.05) is 6.92 Å². The first-order valence-corrected chi connectivity index (χ1v) is 10.00. The molecule has 0 aliphatic rings. The van der Waals surface area contributed by atoms with Crippen LogP contribution in [0, 0.1) is 5.41 Å². The van der Waals surface area contributed by atoms with Gasteiger partial charge in [0.05, 0.1) is 12.8 Å². The molecule has 29 heavy (non-hydrogen) atoms. The van der Waals surface area contributed by atoms with Gasteiger partial charge in [-0.25, -0.2) is 0 Å². The van der Waals surface area contributed by atoms with Crippen LogP contribution in [0.4, 0.5) is 19.4 Å². The smallest absolute Gasteiger partial charge is 0.310 e. The fraction of sp³-hybridized carbons (Fsp3) is 0.250. The maximum Gasteiger partial charge on any atom is 0.310 e. The van der Waals surface area contributed by atoms with Crippen molar-refractivity contribution in [2.24, 2.45) is 10.7 Å². The topological polar surface area (TPSA) is 106 Å². The van der Waals surface area contributed by atoms with Crippen molar-refractivity contribution in [3.63, 3.8) is 0 Å². The number of benzene rings is 1. The summed E-state index contributed by atoms with van der Waals surface area (Å²) in [6, 6.07) is 4.10. The second-order valence-corrected chi connectivity index (χ2v) is 8.35. The van der Waals surface area contributed by atoms with E-state index in [-0.39, 0.29) is 17.6 Å². The Morgan fingerprint density at radius 2 is 1.90 bits per heavy atom. The number of ether oxygens (including phenoxy) is 1. The van der Waals surface area contributed by atoms with Gasteiger partial charge < -0.3 is 10.5 Å². The van der Waals surface area contributed by atoms with Gasteiger partial charge in [0.25, 0.3) is 0 Å². The summed E-state index contributed by atoms with van der Waals surface area (Å²) in [5.74, 6) is -2.01. The van der Waals surface area contributed by atoms with Gasteiger partial charge in [0.2, 0.25) is 5.96 Å². The Hall–Kier alpha value is -2.96. The number of hydrogen-bond acceptors (Lipinski definition) is 5. The van der Waals surface area contributed by atoms with Crippen LogP contribution in [0.2, 0.25) is 0 Å². The molecule has 160 valence electrons. The third-order valence-corrected chi connectivity index (χ3v) is 4.86. The van der Waals surface area contributed by atoms with Gasteiger partial charge in [-0.05, 0) is 30.7 Å². The van der Waals surface area contributed by atoms with Crippen LogP contribution in [-0.4, -0.2) is 35.2 Å². The SMILES string of the molecule is CCc1ccc(=NCC(=O)c2cc(OC)cc(S(F)(F)(F)(F)F)c2)n(C(=N)N)n1. The molecule has 0 aliphatic carbocycles. The van der Waals surface area contributed by atoms with E-state index >= 15 is 0 Å². The number of rotatable bonds is 6. The number of nitrogens with one attached hydrogen (secondary N) is 1. The maximum atomic E-state index is 13.1. The van der Waals surface area contributed by atoms with E-state index in [9.17, 15) is 24.2 Å². The summed E-state index contributed by atoms with van der Waals surface area (Å²) < 4.78 is 71.2. The van der Waals surface area contributed by atoms with E-state index in [2.05, 4.69) is 14.8 Å². The van der Waals surface area contributed by atoms with Crippen LogP contribution >= 0.6 is 10.2 Å². The molecule has 0 radical (unpaired) electrons. The van der Waals surface area contributed by atoms with E-state index in [1.54, 1.807) is 6.07 Å². The van der Waals surface area contributed by atoms with Crippen LogP contribution in [0.1, 0.15) is 23.0 Å². The third-order valence-electron chi connectivity index (χ3n) is 3.73. The molecule has 0 saturated carbocycles. The van der Waals surface area contributed by atoms with Gasteiger partial charge in [0, 0.05) is 11.6 Å². The van der Waals surface area contributed by atoms with Crippen LogP contribution in [0.25, 0.3) is 0 Å². The first-order chi connectivity index (χ1) is 13.1. The van der Waals surface area contributed by atoms with Crippen LogP contribution in [0.5, 0.6) is 5.75 Å². The molecular formula is C16H18F5N5O2S. The second-order valence-electron chi connectivity index (χ2n) is 5.94. The summed E-state index contributed by atoms with van der Waals surface area (Å²) in [5, 5.41) is 11.5. The highest BCUT2D eigenvalue weighted by Gasteiger charge is 2.65. The molecule has 1 heterocycles. The molecule has 2 rings (SSSR count). The Labute approximate surface area is 162 Å². The molecule has 1 aromatic carbocycles. The lowest BCUT2D eigenvalue weighted by Gasteiger charge is -2.40. The number of ketones is 1. The average Bonchev–Trinajstić information content (AvgIpc) is 2.63. The number of Topliss-reactive ketones (excluding diaryl/α,β-unsaturated/α-hetero) is 1. The zero-order valence-corrected chi connectivity index (χ0v) is 16.2. The molecule has 1 aromatic heterocycles. The highest BCUT2D eigenvalue weighted by atomic mass is 32.5. The molecule has 0 atom stereocenters. The number of nitrogens with two attached hydrogens (primary N) is 1. The molecular weight excluding hydrogens is 421 g/mol. The van der Waals surface area contributed by atoms with Crippen LogP contribution in [0.3, 0.4) is 0 Å². The minimum Gasteiger partial charge on any atom is -0.497 e. The molecule has 0 bridgehead atoms. The lowest BCUT2D eigenvalue weighted by molar-refractivity contribution is 0.100. The molecule has 0 unspecified atom stereocenters. The van der Waals surface area contributed by atoms with Crippen molar-refractivity contribution < 1.29 is 29.0 Å². The molecule has 2 aromatic rings. The fourth-order valence-corrected chi connectivity index (χ4v) is 2.95. The summed E-state index contributed by atoms with van der Waals surface area (Å²) in [7, 11) is -9.03. The first kappa shape index (κ1) is 22.3. The van der Waals surface area contributed by atoms with Gasteiger partial charge in [0.15, 0.2) is 11.3 Å². The van der Waals surface area contributed by atoms with Gasteiger partial charge in [0.1, 0.15) is 17.2 Å². The molecule has 3 N–H and O–H groups in total. The lowest BCUT2D eigenvalue weighted by atomic mass is 10.1. The summed E-state index contributed by atoms with van der Waals surface area (Å²) in [6.45, 7) is 1.12. The highest BCUT2D eigenvalue weighted by Crippen LogP contribution is 3.02. The van der Waals surface area contributed by atoms with E-state index in [0.717, 1.165) is 17.9 Å². The van der Waals surface area contributed by atoms with E-state index in [4.69, 9.17) is 11.1 Å². The molecule has 13 heteroatoms. The fourth-order valence-electron chi connectivity index (χ4n) is 2.26. The Morgan fingerprint density at radius 1 is 1.24 bits per heavy atom. The largest absolute Gasteiger partial charge is 0.497 e. The number of aromatic nitrogens is 2. The predicted octanol–water partition coefficient (Wildman–Crippen LogP) is 3.64. The molecule has 0 spiro atoms. The predicted molar refractivity (Wildman–Crippen MR) is 98.1 cm³/mol. The average molecular weight is 439 g/mol. The number of carbonyl (C=O) groups excluding carboxylic acids is 1. The number of halogens is 5. The van der Waals surface area contributed by atoms with Crippen molar-refractivity contribution in [2.75, 3.05) is 13.7 Å². The number of methoxy groups -OCH3 is 1. The van der Waals surface area contributed by atoms with Gasteiger partial charge >= 0.3 is 10.2 Å². The van der Waals surface area contributed by atoms with Crippen LogP contribution in [-0.2, 0) is 6.42 Å². The number of nitrogen functional groups attached to an aromatic ring is 1. The number of aryl methyl sites for hydroxylation is 1. The van der Waals surface area contributed by atoms with Crippen molar-refractivity contribution in [3.05, 3.63) is 47.1 Å². The second kappa shape index (κ2) is 6.83. The number of nitrogens with zero attached hydrogens (tertiary/aromatic N) is 3. The Morgan fingerprint density at radius 3 is 2.41 bits per heavy atom. The summed E-state index contributed by atoms with van der Waals surface area (Å²) in [5.41, 5.74) is 5.34. The van der Waals surface area contributed by atoms with E-state index in [0.29, 0.717) is 12.1 Å². The molecule has 0 aliphatic heterocycles. The zero-order chi connectivity index (χ0) is 22.1. The van der Waals surface area contributed by atoms with Gasteiger partial charge in [-0.2, -0.15) is 9.78 Å². The minimum atomic E-state index is -10.0. The standard InChI is InChI=1S/C16H18F5N5O2S/c1-3-11-4-5-15(26(25-11)16(22)23)24-9-14(27)10-6-12(28-2)8-13(7-10)29(17,18,19,20)21/h4-8H,3,9H2,1-2H3,(H3,22,23). The normalized spacial score (nSPS) is 14.8. The molecule has 7 nitrogen and oxygen atoms in total. The summed E-state index contributed by atoms with van der Waals surface area (Å²) in [4.78, 5) is 14.0. The van der Waals surface area contributed by atoms with Crippen molar-refractivity contribution in [1.82, 2.24) is 9.78 Å². The van der Waals surface area contributed by atoms with Gasteiger partial charge in [-0.3, -0.25) is 15.2 Å². The maximum absolute atomic E-state index is 13.1. The summed E-state index contributed by atoms with van der Waals surface area (Å²) >= 11 is 0.